The van der Waals surface area contributed by atoms with Crippen molar-refractivity contribution in [3.05, 3.63) is 59.2 Å². The molecule has 2 aliphatic heterocycles. The third kappa shape index (κ3) is 3.66. The van der Waals surface area contributed by atoms with Gasteiger partial charge in [-0.1, -0.05) is 36.4 Å². The third-order valence-electron chi connectivity index (χ3n) is 6.56. The summed E-state index contributed by atoms with van der Waals surface area (Å²) in [7, 11) is 0. The number of rotatable bonds is 5. The molecule has 2 fully saturated rings. The third-order valence-corrected chi connectivity index (χ3v) is 6.56. The van der Waals surface area contributed by atoms with E-state index in [1.54, 1.807) is 0 Å². The molecule has 5 heteroatoms. The van der Waals surface area contributed by atoms with Crippen LogP contribution in [0.1, 0.15) is 36.0 Å². The summed E-state index contributed by atoms with van der Waals surface area (Å²) >= 11 is 0. The first-order valence-corrected chi connectivity index (χ1v) is 10.4. The number of carbonyl (C=O) groups excluding carboxylic acids is 1. The van der Waals surface area contributed by atoms with Gasteiger partial charge in [-0.05, 0) is 59.1 Å². The Kier molecular flexibility index (Phi) is 4.83. The Bertz CT molecular complexity index is 963. The average molecular weight is 387 g/mol. The first kappa shape index (κ1) is 18.4. The summed E-state index contributed by atoms with van der Waals surface area (Å²) in [4.78, 5) is 12.6. The molecule has 1 amide bonds. The second-order valence-corrected chi connectivity index (χ2v) is 8.48. The summed E-state index contributed by atoms with van der Waals surface area (Å²) in [6.07, 6.45) is 3.88. The minimum Gasteiger partial charge on any atom is -0.372 e. The molecule has 0 spiro atoms. The zero-order valence-corrected chi connectivity index (χ0v) is 16.4. The van der Waals surface area contributed by atoms with Gasteiger partial charge in [-0.25, -0.2) is 0 Å². The van der Waals surface area contributed by atoms with Gasteiger partial charge in [0.05, 0.1) is 25.3 Å². The van der Waals surface area contributed by atoms with Crippen LogP contribution in [0.25, 0.3) is 11.1 Å². The van der Waals surface area contributed by atoms with Crippen LogP contribution in [0.15, 0.2) is 42.5 Å². The molecule has 0 aromatic heterocycles. The molecule has 4 atom stereocenters. The van der Waals surface area contributed by atoms with Crippen LogP contribution in [0, 0.1) is 17.2 Å². The van der Waals surface area contributed by atoms with E-state index in [4.69, 9.17) is 4.74 Å². The van der Waals surface area contributed by atoms with Crippen LogP contribution >= 0.6 is 0 Å². The van der Waals surface area contributed by atoms with E-state index < -0.39 is 6.04 Å². The first-order chi connectivity index (χ1) is 14.2. The lowest BCUT2D eigenvalue weighted by atomic mass is 9.97. The van der Waals surface area contributed by atoms with Crippen LogP contribution in [0.3, 0.4) is 0 Å². The molecule has 2 N–H and O–H groups in total. The fourth-order valence-corrected chi connectivity index (χ4v) is 4.96. The number of hydrogen-bond acceptors (Lipinski definition) is 4. The number of piperidine rings is 1. The van der Waals surface area contributed by atoms with Crippen molar-refractivity contribution in [2.75, 3.05) is 0 Å². The monoisotopic (exact) mass is 387 g/mol. The number of carbonyl (C=O) groups is 1. The average Bonchev–Trinajstić information content (AvgIpc) is 3.50. The van der Waals surface area contributed by atoms with Crippen molar-refractivity contribution in [2.24, 2.45) is 5.92 Å². The summed E-state index contributed by atoms with van der Waals surface area (Å²) in [6, 6.07) is 16.8. The van der Waals surface area contributed by atoms with E-state index in [1.165, 1.54) is 23.1 Å². The Morgan fingerprint density at radius 3 is 2.66 bits per heavy atom. The molecule has 0 unspecified atom stereocenters. The topological polar surface area (TPSA) is 74.1 Å². The zero-order chi connectivity index (χ0) is 19.8. The minimum absolute atomic E-state index is 0.0271. The highest BCUT2D eigenvalue weighted by molar-refractivity contribution is 5.83. The highest BCUT2D eigenvalue weighted by Crippen LogP contribution is 2.35. The van der Waals surface area contributed by atoms with Crippen LogP contribution in [-0.2, 0) is 29.2 Å². The Morgan fingerprint density at radius 2 is 1.93 bits per heavy atom. The molecule has 2 aromatic carbocycles. The summed E-state index contributed by atoms with van der Waals surface area (Å²) in [6.45, 7) is 1.38. The minimum atomic E-state index is -0.508. The highest BCUT2D eigenvalue weighted by atomic mass is 16.5. The molecule has 1 aliphatic carbocycles. The molecule has 1 saturated heterocycles. The van der Waals surface area contributed by atoms with Crippen molar-refractivity contribution in [3.8, 4) is 17.2 Å². The van der Waals surface area contributed by atoms with Crippen molar-refractivity contribution < 1.29 is 9.53 Å². The second-order valence-electron chi connectivity index (χ2n) is 8.48. The number of nitrogens with zero attached hydrogens (tertiary/aromatic N) is 1. The molecular weight excluding hydrogens is 362 g/mol. The Morgan fingerprint density at radius 1 is 1.14 bits per heavy atom. The number of hydrogen-bond donors (Lipinski definition) is 2. The van der Waals surface area contributed by atoms with Gasteiger partial charge < -0.3 is 15.4 Å². The molecule has 2 aromatic rings. The van der Waals surface area contributed by atoms with Crippen LogP contribution in [-0.4, -0.2) is 24.0 Å². The van der Waals surface area contributed by atoms with E-state index >= 15 is 0 Å². The van der Waals surface area contributed by atoms with E-state index in [0.717, 1.165) is 24.0 Å². The molecule has 5 rings (SSSR count). The largest absolute Gasteiger partial charge is 0.372 e. The molecule has 148 valence electrons. The van der Waals surface area contributed by atoms with E-state index in [2.05, 4.69) is 47.0 Å². The lowest BCUT2D eigenvalue weighted by Crippen LogP contribution is -2.50. The van der Waals surface area contributed by atoms with Gasteiger partial charge in [-0.3, -0.25) is 4.79 Å². The van der Waals surface area contributed by atoms with Gasteiger partial charge in [-0.15, -0.1) is 0 Å². The Hall–Kier alpha value is -2.68. The standard InChI is InChI=1S/C24H25N3O2/c25-12-22(27-24(28)23-18-7-8-21(11-18)26-23)9-15-1-3-16(4-2-15)17-5-6-19-13-29-14-20(19)10-17/h1-6,10,18,21-23,26H,7-9,11,13-14H2,(H,27,28)/t18-,21+,22-,23-/m0/s1. The predicted molar refractivity (Wildman–Crippen MR) is 110 cm³/mol. The number of benzene rings is 2. The van der Waals surface area contributed by atoms with E-state index in [0.29, 0.717) is 31.6 Å². The van der Waals surface area contributed by atoms with Crippen molar-refractivity contribution in [3.63, 3.8) is 0 Å². The maximum absolute atomic E-state index is 12.6. The van der Waals surface area contributed by atoms with Crippen LogP contribution in [0.5, 0.6) is 0 Å². The lowest BCUT2D eigenvalue weighted by molar-refractivity contribution is -0.124. The van der Waals surface area contributed by atoms with E-state index in [-0.39, 0.29) is 11.9 Å². The quantitative estimate of drug-likeness (QED) is 0.827. The molecule has 2 heterocycles. The number of amides is 1. The van der Waals surface area contributed by atoms with Gasteiger partial charge in [-0.2, -0.15) is 5.26 Å². The number of nitriles is 1. The molecule has 2 bridgehead atoms. The van der Waals surface area contributed by atoms with Gasteiger partial charge in [0.15, 0.2) is 0 Å². The maximum Gasteiger partial charge on any atom is 0.238 e. The normalized spacial score (nSPS) is 25.4. The summed E-state index contributed by atoms with van der Waals surface area (Å²) < 4.78 is 5.50. The van der Waals surface area contributed by atoms with Crippen LogP contribution < -0.4 is 10.6 Å². The summed E-state index contributed by atoms with van der Waals surface area (Å²) in [5.74, 6) is 0.400. The highest BCUT2D eigenvalue weighted by Gasteiger charge is 2.43. The lowest BCUT2D eigenvalue weighted by Gasteiger charge is -2.23. The summed E-state index contributed by atoms with van der Waals surface area (Å²) in [5.41, 5.74) is 5.89. The van der Waals surface area contributed by atoms with Gasteiger partial charge in [0.25, 0.3) is 0 Å². The molecule has 1 saturated carbocycles. The smallest absolute Gasteiger partial charge is 0.238 e. The molecule has 3 aliphatic rings. The van der Waals surface area contributed by atoms with Gasteiger partial charge in [0.1, 0.15) is 6.04 Å². The SMILES string of the molecule is N#C[C@H](Cc1ccc(-c2ccc3c(c2)COC3)cc1)NC(=O)[C@H]1N[C@@H]2CC[C@H]1C2. The number of nitrogens with one attached hydrogen (secondary N) is 2. The van der Waals surface area contributed by atoms with Crippen molar-refractivity contribution in [2.45, 2.75) is 57.0 Å². The first-order valence-electron chi connectivity index (χ1n) is 10.4. The number of fused-ring (bicyclic) bond motifs is 3. The van der Waals surface area contributed by atoms with E-state index in [1.807, 2.05) is 12.1 Å². The van der Waals surface area contributed by atoms with Crippen LogP contribution in [0.4, 0.5) is 0 Å². The summed E-state index contributed by atoms with van der Waals surface area (Å²) in [5, 5.41) is 15.9. The van der Waals surface area contributed by atoms with Crippen LogP contribution in [0.2, 0.25) is 0 Å². The molecule has 0 radical (unpaired) electrons. The molecule has 29 heavy (non-hydrogen) atoms. The predicted octanol–water partition coefficient (Wildman–Crippen LogP) is 3.08. The van der Waals surface area contributed by atoms with E-state index in [9.17, 15) is 10.1 Å². The van der Waals surface area contributed by atoms with Gasteiger partial charge in [0.2, 0.25) is 5.91 Å². The zero-order valence-electron chi connectivity index (χ0n) is 16.4. The fourth-order valence-electron chi connectivity index (χ4n) is 4.96. The fraction of sp³-hybridized carbons (Fsp3) is 0.417. The van der Waals surface area contributed by atoms with Crippen molar-refractivity contribution >= 4 is 5.91 Å². The van der Waals surface area contributed by atoms with Gasteiger partial charge >= 0.3 is 0 Å². The Balaban J connectivity index is 1.23. The van der Waals surface area contributed by atoms with Crippen molar-refractivity contribution in [1.82, 2.24) is 10.6 Å². The Labute approximate surface area is 171 Å². The van der Waals surface area contributed by atoms with Gasteiger partial charge in [0, 0.05) is 12.5 Å². The molecule has 5 nitrogen and oxygen atoms in total. The molecular formula is C24H25N3O2. The maximum atomic E-state index is 12.6. The second kappa shape index (κ2) is 7.62. The number of ether oxygens (including phenoxy) is 1. The van der Waals surface area contributed by atoms with Crippen molar-refractivity contribution in [1.29, 1.82) is 5.26 Å².